The van der Waals surface area contributed by atoms with E-state index in [1.807, 2.05) is 4.90 Å². The van der Waals surface area contributed by atoms with Crippen LogP contribution in [-0.2, 0) is 16.0 Å². The normalized spacial score (nSPS) is 21.3. The minimum atomic E-state index is -0.323. The SMILES string of the molecule is O=C(C1CCCC1)N1CCO[C@@H](c2ncc(Cc3ccc(F)cc3)o2)C1. The lowest BCUT2D eigenvalue weighted by Gasteiger charge is -2.33. The molecule has 0 N–H and O–H groups in total. The summed E-state index contributed by atoms with van der Waals surface area (Å²) in [5.41, 5.74) is 0.955. The summed E-state index contributed by atoms with van der Waals surface area (Å²) in [6.07, 6.45) is 6.21. The molecule has 5 nitrogen and oxygen atoms in total. The van der Waals surface area contributed by atoms with Gasteiger partial charge in [0.25, 0.3) is 0 Å². The molecule has 0 radical (unpaired) electrons. The van der Waals surface area contributed by atoms with Crippen LogP contribution in [0, 0.1) is 11.7 Å². The van der Waals surface area contributed by atoms with Crippen LogP contribution >= 0.6 is 0 Å². The molecule has 0 bridgehead atoms. The van der Waals surface area contributed by atoms with Crippen molar-refractivity contribution in [3.8, 4) is 0 Å². The molecular weight excluding hydrogens is 335 g/mol. The fourth-order valence-electron chi connectivity index (χ4n) is 3.79. The molecule has 2 fully saturated rings. The van der Waals surface area contributed by atoms with Crippen molar-refractivity contribution >= 4 is 5.91 Å². The van der Waals surface area contributed by atoms with Crippen molar-refractivity contribution in [3.63, 3.8) is 0 Å². The second kappa shape index (κ2) is 7.58. The minimum absolute atomic E-state index is 0.173. The molecule has 138 valence electrons. The standard InChI is InChI=1S/C20H23FN2O3/c21-16-7-5-14(6-8-16)11-17-12-22-19(26-17)18-13-23(9-10-25-18)20(24)15-3-1-2-4-15/h5-8,12,15,18H,1-4,9-11,13H2/t18-/m1/s1. The molecular formula is C20H23FN2O3. The van der Waals surface area contributed by atoms with Crippen molar-refractivity contribution < 1.29 is 18.3 Å². The average molecular weight is 358 g/mol. The number of ether oxygens (including phenoxy) is 1. The summed E-state index contributed by atoms with van der Waals surface area (Å²) in [6.45, 7) is 1.62. The summed E-state index contributed by atoms with van der Waals surface area (Å²) in [7, 11) is 0. The molecule has 1 aliphatic carbocycles. The van der Waals surface area contributed by atoms with E-state index in [1.54, 1.807) is 18.3 Å². The van der Waals surface area contributed by atoms with Crippen LogP contribution in [0.3, 0.4) is 0 Å². The van der Waals surface area contributed by atoms with E-state index in [0.717, 1.165) is 31.2 Å². The molecule has 4 rings (SSSR count). The van der Waals surface area contributed by atoms with Crippen molar-refractivity contribution in [1.29, 1.82) is 0 Å². The van der Waals surface area contributed by atoms with Gasteiger partial charge in [-0.1, -0.05) is 25.0 Å². The molecule has 0 unspecified atom stereocenters. The molecule has 1 atom stereocenters. The van der Waals surface area contributed by atoms with Crippen LogP contribution in [0.15, 0.2) is 34.9 Å². The van der Waals surface area contributed by atoms with E-state index in [9.17, 15) is 9.18 Å². The molecule has 2 heterocycles. The number of hydrogen-bond acceptors (Lipinski definition) is 4. The molecule has 1 aromatic carbocycles. The number of oxazole rings is 1. The smallest absolute Gasteiger partial charge is 0.225 e. The van der Waals surface area contributed by atoms with Gasteiger partial charge in [-0.25, -0.2) is 9.37 Å². The summed E-state index contributed by atoms with van der Waals surface area (Å²) in [4.78, 5) is 18.9. The van der Waals surface area contributed by atoms with Gasteiger partial charge in [0.1, 0.15) is 11.6 Å². The van der Waals surface area contributed by atoms with Gasteiger partial charge in [0.15, 0.2) is 6.10 Å². The Bertz CT molecular complexity index is 753. The van der Waals surface area contributed by atoms with Gasteiger partial charge < -0.3 is 14.1 Å². The van der Waals surface area contributed by atoms with E-state index >= 15 is 0 Å². The molecule has 1 aliphatic heterocycles. The zero-order valence-corrected chi connectivity index (χ0v) is 14.7. The quantitative estimate of drug-likeness (QED) is 0.839. The first-order valence-corrected chi connectivity index (χ1v) is 9.28. The summed E-state index contributed by atoms with van der Waals surface area (Å²) in [5, 5.41) is 0. The number of morpholine rings is 1. The van der Waals surface area contributed by atoms with E-state index in [2.05, 4.69) is 4.98 Å². The lowest BCUT2D eigenvalue weighted by Crippen LogP contribution is -2.44. The zero-order valence-electron chi connectivity index (χ0n) is 14.7. The summed E-state index contributed by atoms with van der Waals surface area (Å²) >= 11 is 0. The number of halogens is 1. The van der Waals surface area contributed by atoms with Crippen molar-refractivity contribution in [2.75, 3.05) is 19.7 Å². The Morgan fingerprint density at radius 1 is 1.23 bits per heavy atom. The molecule has 6 heteroatoms. The number of benzene rings is 1. The average Bonchev–Trinajstić information content (AvgIpc) is 3.35. The minimum Gasteiger partial charge on any atom is -0.442 e. The lowest BCUT2D eigenvalue weighted by atomic mass is 10.1. The maximum absolute atomic E-state index is 13.0. The third kappa shape index (κ3) is 3.80. The van der Waals surface area contributed by atoms with E-state index in [1.165, 1.54) is 12.1 Å². The maximum atomic E-state index is 13.0. The molecule has 26 heavy (non-hydrogen) atoms. The van der Waals surface area contributed by atoms with Gasteiger partial charge in [0.05, 0.1) is 19.3 Å². The van der Waals surface area contributed by atoms with Crippen molar-refractivity contribution in [1.82, 2.24) is 9.88 Å². The Morgan fingerprint density at radius 2 is 2.00 bits per heavy atom. The maximum Gasteiger partial charge on any atom is 0.225 e. The first-order chi connectivity index (χ1) is 12.7. The van der Waals surface area contributed by atoms with Gasteiger partial charge in [-0.05, 0) is 30.5 Å². The van der Waals surface area contributed by atoms with Crippen LogP contribution in [0.5, 0.6) is 0 Å². The topological polar surface area (TPSA) is 55.6 Å². The number of aromatic nitrogens is 1. The lowest BCUT2D eigenvalue weighted by molar-refractivity contribution is -0.144. The summed E-state index contributed by atoms with van der Waals surface area (Å²) in [6, 6.07) is 6.33. The number of carbonyl (C=O) groups is 1. The molecule has 2 aromatic rings. The second-order valence-electron chi connectivity index (χ2n) is 7.09. The number of hydrogen-bond donors (Lipinski definition) is 0. The number of rotatable bonds is 4. The Balaban J connectivity index is 1.40. The molecule has 1 amide bonds. The third-order valence-corrected chi connectivity index (χ3v) is 5.22. The van der Waals surface area contributed by atoms with Gasteiger partial charge in [0.2, 0.25) is 11.8 Å². The zero-order chi connectivity index (χ0) is 17.9. The molecule has 1 aromatic heterocycles. The highest BCUT2D eigenvalue weighted by Crippen LogP contribution is 2.29. The largest absolute Gasteiger partial charge is 0.442 e. The summed E-state index contributed by atoms with van der Waals surface area (Å²) < 4.78 is 24.6. The van der Waals surface area contributed by atoms with Crippen LogP contribution < -0.4 is 0 Å². The first-order valence-electron chi connectivity index (χ1n) is 9.28. The molecule has 1 saturated heterocycles. The van der Waals surface area contributed by atoms with Gasteiger partial charge >= 0.3 is 0 Å². The van der Waals surface area contributed by atoms with Crippen LogP contribution in [0.4, 0.5) is 4.39 Å². The van der Waals surface area contributed by atoms with Gasteiger partial charge in [-0.2, -0.15) is 0 Å². The number of nitrogens with zero attached hydrogens (tertiary/aromatic N) is 2. The fraction of sp³-hybridized carbons (Fsp3) is 0.500. The Labute approximate surface area is 152 Å². The Morgan fingerprint density at radius 3 is 2.77 bits per heavy atom. The van der Waals surface area contributed by atoms with Crippen LogP contribution in [0.1, 0.15) is 49.0 Å². The van der Waals surface area contributed by atoms with Gasteiger partial charge in [0, 0.05) is 18.9 Å². The van der Waals surface area contributed by atoms with Gasteiger partial charge in [-0.15, -0.1) is 0 Å². The number of carbonyl (C=O) groups excluding carboxylic acids is 1. The van der Waals surface area contributed by atoms with E-state index in [4.69, 9.17) is 9.15 Å². The molecule has 0 spiro atoms. The second-order valence-corrected chi connectivity index (χ2v) is 7.09. The third-order valence-electron chi connectivity index (χ3n) is 5.22. The van der Waals surface area contributed by atoms with Crippen LogP contribution in [-0.4, -0.2) is 35.5 Å². The van der Waals surface area contributed by atoms with E-state index in [0.29, 0.717) is 37.8 Å². The number of amides is 1. The highest BCUT2D eigenvalue weighted by atomic mass is 19.1. The van der Waals surface area contributed by atoms with Crippen LogP contribution in [0.25, 0.3) is 0 Å². The molecule has 2 aliphatic rings. The first kappa shape index (κ1) is 17.2. The predicted molar refractivity (Wildman–Crippen MR) is 92.9 cm³/mol. The Kier molecular flexibility index (Phi) is 5.02. The van der Waals surface area contributed by atoms with Gasteiger partial charge in [-0.3, -0.25) is 4.79 Å². The highest BCUT2D eigenvalue weighted by molar-refractivity contribution is 5.79. The van der Waals surface area contributed by atoms with E-state index in [-0.39, 0.29) is 23.7 Å². The van der Waals surface area contributed by atoms with Crippen molar-refractivity contribution in [2.45, 2.75) is 38.2 Å². The van der Waals surface area contributed by atoms with E-state index < -0.39 is 0 Å². The summed E-state index contributed by atoms with van der Waals surface area (Å²) in [5.74, 6) is 1.37. The van der Waals surface area contributed by atoms with Crippen LogP contribution in [0.2, 0.25) is 0 Å². The predicted octanol–water partition coefficient (Wildman–Crippen LogP) is 3.49. The van der Waals surface area contributed by atoms with Crippen molar-refractivity contribution in [2.24, 2.45) is 5.92 Å². The fourth-order valence-corrected chi connectivity index (χ4v) is 3.79. The Hall–Kier alpha value is -2.21. The van der Waals surface area contributed by atoms with Crippen molar-refractivity contribution in [3.05, 3.63) is 53.5 Å². The highest BCUT2D eigenvalue weighted by Gasteiger charge is 2.33. The monoisotopic (exact) mass is 358 g/mol. The molecule has 1 saturated carbocycles.